The molecule has 1 aromatic carbocycles. The highest BCUT2D eigenvalue weighted by Gasteiger charge is 2.30. The second-order valence-electron chi connectivity index (χ2n) is 8.33. The molecule has 3 aromatic rings. The fourth-order valence-electron chi connectivity index (χ4n) is 4.42. The van der Waals surface area contributed by atoms with Gasteiger partial charge in [-0.25, -0.2) is 4.98 Å². The van der Waals surface area contributed by atoms with Crippen LogP contribution >= 0.6 is 0 Å². The Morgan fingerprint density at radius 1 is 1.03 bits per heavy atom. The molecule has 0 radical (unpaired) electrons. The van der Waals surface area contributed by atoms with Crippen LogP contribution in [0.4, 0.5) is 0 Å². The first kappa shape index (κ1) is 18.5. The maximum atomic E-state index is 6.76. The summed E-state index contributed by atoms with van der Waals surface area (Å²) in [6, 6.07) is 12.8. The van der Waals surface area contributed by atoms with Crippen molar-refractivity contribution < 1.29 is 4.74 Å². The average Bonchev–Trinajstić information content (AvgIpc) is 3.11. The highest BCUT2D eigenvalue weighted by molar-refractivity contribution is 5.58. The predicted molar refractivity (Wildman–Crippen MR) is 114 cm³/mol. The van der Waals surface area contributed by atoms with E-state index in [0.717, 1.165) is 61.7 Å². The standard InChI is InChI=1S/C24H28N4O/c1-17-7-8-19(15-25-17)22-16-28-14-9-18-5-3-4-6-21(18)23(24(28)26-22)29-20-10-12-27(2)13-11-20/h3-8,15-16,20,23H,9-14H2,1-2H3. The van der Waals surface area contributed by atoms with Gasteiger partial charge in [-0.05, 0) is 56.5 Å². The van der Waals surface area contributed by atoms with Crippen LogP contribution in [-0.4, -0.2) is 45.7 Å². The van der Waals surface area contributed by atoms with E-state index in [-0.39, 0.29) is 12.2 Å². The number of imidazole rings is 1. The Bertz CT molecular complexity index is 986. The molecule has 29 heavy (non-hydrogen) atoms. The van der Waals surface area contributed by atoms with Crippen molar-refractivity contribution in [1.82, 2.24) is 19.4 Å². The van der Waals surface area contributed by atoms with Gasteiger partial charge in [-0.15, -0.1) is 0 Å². The zero-order chi connectivity index (χ0) is 19.8. The minimum atomic E-state index is -0.116. The van der Waals surface area contributed by atoms with E-state index >= 15 is 0 Å². The molecular formula is C24H28N4O. The molecule has 1 saturated heterocycles. The van der Waals surface area contributed by atoms with Crippen LogP contribution in [0.25, 0.3) is 11.3 Å². The van der Waals surface area contributed by atoms with Crippen LogP contribution in [0.5, 0.6) is 0 Å². The van der Waals surface area contributed by atoms with Crippen LogP contribution < -0.4 is 0 Å². The molecule has 2 aliphatic rings. The Kier molecular flexibility index (Phi) is 4.94. The summed E-state index contributed by atoms with van der Waals surface area (Å²) in [7, 11) is 2.19. The van der Waals surface area contributed by atoms with Crippen molar-refractivity contribution >= 4 is 0 Å². The molecule has 1 atom stereocenters. The lowest BCUT2D eigenvalue weighted by molar-refractivity contribution is -0.0275. The predicted octanol–water partition coefficient (Wildman–Crippen LogP) is 4.01. The highest BCUT2D eigenvalue weighted by Crippen LogP contribution is 2.35. The summed E-state index contributed by atoms with van der Waals surface area (Å²) in [6.07, 6.45) is 7.39. The Balaban J connectivity index is 1.52. The second-order valence-corrected chi connectivity index (χ2v) is 8.33. The molecule has 0 saturated carbocycles. The first-order chi connectivity index (χ1) is 14.2. The van der Waals surface area contributed by atoms with Crippen molar-refractivity contribution in [2.75, 3.05) is 20.1 Å². The van der Waals surface area contributed by atoms with Crippen molar-refractivity contribution in [3.05, 3.63) is 71.4 Å². The fourth-order valence-corrected chi connectivity index (χ4v) is 4.42. The Morgan fingerprint density at radius 3 is 2.66 bits per heavy atom. The topological polar surface area (TPSA) is 43.2 Å². The number of fused-ring (bicyclic) bond motifs is 2. The first-order valence-corrected chi connectivity index (χ1v) is 10.6. The van der Waals surface area contributed by atoms with Crippen molar-refractivity contribution in [3.8, 4) is 11.3 Å². The van der Waals surface area contributed by atoms with E-state index in [2.05, 4.69) is 58.0 Å². The normalized spacial score (nSPS) is 20.1. The number of ether oxygens (including phenoxy) is 1. The monoisotopic (exact) mass is 388 g/mol. The molecule has 5 nitrogen and oxygen atoms in total. The molecule has 150 valence electrons. The molecule has 2 aromatic heterocycles. The molecular weight excluding hydrogens is 360 g/mol. The fraction of sp³-hybridized carbons (Fsp3) is 0.417. The van der Waals surface area contributed by atoms with E-state index in [4.69, 9.17) is 9.72 Å². The molecule has 1 fully saturated rings. The van der Waals surface area contributed by atoms with Crippen molar-refractivity contribution in [2.24, 2.45) is 0 Å². The number of rotatable bonds is 3. The van der Waals surface area contributed by atoms with Crippen molar-refractivity contribution in [2.45, 2.75) is 44.9 Å². The van der Waals surface area contributed by atoms with Crippen LogP contribution in [0.3, 0.4) is 0 Å². The largest absolute Gasteiger partial charge is 0.362 e. The number of aromatic nitrogens is 3. The van der Waals surface area contributed by atoms with Crippen LogP contribution in [0.1, 0.15) is 41.6 Å². The lowest BCUT2D eigenvalue weighted by Gasteiger charge is -2.32. The second kappa shape index (κ2) is 7.73. The third-order valence-electron chi connectivity index (χ3n) is 6.20. The van der Waals surface area contributed by atoms with E-state index in [1.807, 2.05) is 19.2 Å². The van der Waals surface area contributed by atoms with Crippen LogP contribution in [0, 0.1) is 6.92 Å². The number of likely N-dealkylation sites (tertiary alicyclic amines) is 1. The smallest absolute Gasteiger partial charge is 0.143 e. The number of aryl methyl sites for hydroxylation is 3. The molecule has 5 rings (SSSR count). The summed E-state index contributed by atoms with van der Waals surface area (Å²) in [4.78, 5) is 11.9. The molecule has 0 amide bonds. The number of piperidine rings is 1. The average molecular weight is 389 g/mol. The summed E-state index contributed by atoms with van der Waals surface area (Å²) in [5.74, 6) is 1.02. The van der Waals surface area contributed by atoms with Gasteiger partial charge in [0.05, 0.1) is 11.8 Å². The molecule has 0 aliphatic carbocycles. The summed E-state index contributed by atoms with van der Waals surface area (Å²) >= 11 is 0. The maximum Gasteiger partial charge on any atom is 0.143 e. The Hall–Kier alpha value is -2.50. The first-order valence-electron chi connectivity index (χ1n) is 10.6. The van der Waals surface area contributed by atoms with E-state index in [0.29, 0.717) is 0 Å². The highest BCUT2D eigenvalue weighted by atomic mass is 16.5. The van der Waals surface area contributed by atoms with Crippen molar-refractivity contribution in [1.29, 1.82) is 0 Å². The van der Waals surface area contributed by atoms with Gasteiger partial charge >= 0.3 is 0 Å². The van der Waals surface area contributed by atoms with Crippen LogP contribution in [0.2, 0.25) is 0 Å². The van der Waals surface area contributed by atoms with E-state index in [9.17, 15) is 0 Å². The summed E-state index contributed by atoms with van der Waals surface area (Å²) in [5, 5.41) is 0. The van der Waals surface area contributed by atoms with Gasteiger partial charge < -0.3 is 14.2 Å². The Labute approximate surface area is 172 Å². The Morgan fingerprint density at radius 2 is 1.86 bits per heavy atom. The molecule has 1 unspecified atom stereocenters. The molecule has 0 N–H and O–H groups in total. The minimum Gasteiger partial charge on any atom is -0.362 e. The van der Waals surface area contributed by atoms with Gasteiger partial charge in [-0.1, -0.05) is 24.3 Å². The molecule has 0 spiro atoms. The van der Waals surface area contributed by atoms with Gasteiger partial charge in [-0.3, -0.25) is 4.98 Å². The summed E-state index contributed by atoms with van der Waals surface area (Å²) in [5.41, 5.74) is 5.69. The van der Waals surface area contributed by atoms with Gasteiger partial charge in [0, 0.05) is 43.3 Å². The number of hydrogen-bond donors (Lipinski definition) is 0. The minimum absolute atomic E-state index is 0.116. The number of hydrogen-bond acceptors (Lipinski definition) is 4. The van der Waals surface area contributed by atoms with Gasteiger partial charge in [0.15, 0.2) is 0 Å². The number of pyridine rings is 1. The number of benzene rings is 1. The van der Waals surface area contributed by atoms with Crippen LogP contribution in [-0.2, 0) is 17.7 Å². The summed E-state index contributed by atoms with van der Waals surface area (Å²) in [6.45, 7) is 5.11. The van der Waals surface area contributed by atoms with E-state index in [1.165, 1.54) is 11.1 Å². The lowest BCUT2D eigenvalue weighted by atomic mass is 10.00. The van der Waals surface area contributed by atoms with E-state index in [1.54, 1.807) is 0 Å². The summed E-state index contributed by atoms with van der Waals surface area (Å²) < 4.78 is 9.04. The molecule has 0 bridgehead atoms. The van der Waals surface area contributed by atoms with Gasteiger partial charge in [0.1, 0.15) is 11.9 Å². The van der Waals surface area contributed by atoms with Crippen LogP contribution in [0.15, 0.2) is 48.8 Å². The molecule has 5 heteroatoms. The quantitative estimate of drug-likeness (QED) is 0.680. The van der Waals surface area contributed by atoms with Gasteiger partial charge in [-0.2, -0.15) is 0 Å². The zero-order valence-electron chi connectivity index (χ0n) is 17.2. The molecule has 2 aliphatic heterocycles. The number of nitrogens with zero attached hydrogens (tertiary/aromatic N) is 4. The van der Waals surface area contributed by atoms with Gasteiger partial charge in [0.2, 0.25) is 0 Å². The zero-order valence-corrected chi connectivity index (χ0v) is 17.2. The SMILES string of the molecule is Cc1ccc(-c2cn3c(n2)C(OC2CCN(C)CC2)c2ccccc2CC3)cn1. The van der Waals surface area contributed by atoms with E-state index < -0.39 is 0 Å². The third kappa shape index (κ3) is 3.72. The third-order valence-corrected chi connectivity index (χ3v) is 6.20. The van der Waals surface area contributed by atoms with Crippen molar-refractivity contribution in [3.63, 3.8) is 0 Å². The lowest BCUT2D eigenvalue weighted by Crippen LogP contribution is -2.35. The maximum absolute atomic E-state index is 6.76. The van der Waals surface area contributed by atoms with Gasteiger partial charge in [0.25, 0.3) is 0 Å². The molecule has 4 heterocycles.